The molecule has 6 N–H and O–H groups in total. The van der Waals surface area contributed by atoms with Crippen LogP contribution < -0.4 is 31.5 Å². The first-order valence-electron chi connectivity index (χ1n) is 22.6. The molecule has 2 aliphatic carbocycles. The largest absolute Gasteiger partial charge is 0.478 e. The van der Waals surface area contributed by atoms with Crippen LogP contribution in [-0.4, -0.2) is 80.0 Å². The van der Waals surface area contributed by atoms with Gasteiger partial charge >= 0.3 is 5.97 Å². The molecule has 0 radical (unpaired) electrons. The molecule has 8 rings (SSSR count). The van der Waals surface area contributed by atoms with Gasteiger partial charge in [-0.05, 0) is 96.8 Å². The summed E-state index contributed by atoms with van der Waals surface area (Å²) in [6.07, 6.45) is 15.6. The van der Waals surface area contributed by atoms with Crippen molar-refractivity contribution in [2.24, 2.45) is 11.8 Å². The molecular weight excluding hydrogens is 817 g/mol. The number of nitrogens with one attached hydrogen (secondary N) is 3. The van der Waals surface area contributed by atoms with Crippen LogP contribution in [0.3, 0.4) is 0 Å². The molecule has 0 unspecified atom stereocenters. The Morgan fingerprint density at radius 2 is 1.00 bits per heavy atom. The highest BCUT2D eigenvalue weighted by Gasteiger charge is 2.21. The van der Waals surface area contributed by atoms with Crippen molar-refractivity contribution < 1.29 is 24.3 Å². The number of carbonyl (C=O) groups excluding carboxylic acids is 3. The lowest BCUT2D eigenvalue weighted by molar-refractivity contribution is 0.0698. The maximum absolute atomic E-state index is 13.2. The van der Waals surface area contributed by atoms with Crippen molar-refractivity contribution in [3.8, 4) is 0 Å². The lowest BCUT2D eigenvalue weighted by atomic mass is 9.89. The van der Waals surface area contributed by atoms with E-state index in [4.69, 9.17) is 10.8 Å². The summed E-state index contributed by atoms with van der Waals surface area (Å²) >= 11 is 0. The average Bonchev–Trinajstić information content (AvgIpc) is 3.33. The standard InChI is InChI=1S/C26H30N4O2.C13H19N3O.C13H13NO2/c1-30(2)23-15-7-11-19-20(23)12-6-13-21(19)25(31)29-22-14-8-16-27-24(22)26(32)28-17-18-9-4-3-5-10-18;14-11-7-4-8-15-12(11)13(17)16-9-10-5-2-1-3-6-10;1-14(2)12-8-4-5-9-10(12)6-3-7-11(9)13(15)16/h6-8,11-16,18H,3-5,9-10,17H2,1-2H3,(H,28,32)(H,29,31);4,7-8,10H,1-3,5-6,9,14H2,(H,16,17);3-8H,1-2H3,(H,15,16). The Balaban J connectivity index is 0.000000178. The molecule has 2 aliphatic rings. The third kappa shape index (κ3) is 12.6. The molecule has 3 amide bonds. The maximum atomic E-state index is 13.2. The zero-order valence-electron chi connectivity index (χ0n) is 38.0. The molecule has 2 fully saturated rings. The number of amides is 3. The van der Waals surface area contributed by atoms with Gasteiger partial charge in [-0.15, -0.1) is 0 Å². The molecule has 13 nitrogen and oxygen atoms in total. The van der Waals surface area contributed by atoms with Gasteiger partial charge in [-0.2, -0.15) is 0 Å². The number of nitrogen functional groups attached to an aromatic ring is 1. The van der Waals surface area contributed by atoms with Crippen LogP contribution in [0.25, 0.3) is 21.5 Å². The Hall–Kier alpha value is -7.02. The number of aromatic carboxylic acids is 1. The number of nitrogens with zero attached hydrogens (tertiary/aromatic N) is 4. The molecule has 65 heavy (non-hydrogen) atoms. The molecule has 4 aromatic carbocycles. The lowest BCUT2D eigenvalue weighted by Gasteiger charge is -2.21. The van der Waals surface area contributed by atoms with Gasteiger partial charge in [0.2, 0.25) is 0 Å². The van der Waals surface area contributed by atoms with Crippen molar-refractivity contribution in [3.63, 3.8) is 0 Å². The van der Waals surface area contributed by atoms with E-state index in [1.807, 2.05) is 92.6 Å². The van der Waals surface area contributed by atoms with Crippen molar-refractivity contribution in [1.29, 1.82) is 0 Å². The molecule has 13 heteroatoms. The van der Waals surface area contributed by atoms with Crippen LogP contribution in [0.15, 0.2) is 109 Å². The number of pyridine rings is 2. The minimum atomic E-state index is -0.887. The molecule has 0 aliphatic heterocycles. The Morgan fingerprint density at radius 3 is 1.51 bits per heavy atom. The fraction of sp³-hybridized carbons (Fsp3) is 0.346. The zero-order chi connectivity index (χ0) is 46.3. The maximum Gasteiger partial charge on any atom is 0.336 e. The molecule has 2 heterocycles. The van der Waals surface area contributed by atoms with Gasteiger partial charge in [-0.1, -0.05) is 87.1 Å². The number of aromatic nitrogens is 2. The molecule has 2 saturated carbocycles. The van der Waals surface area contributed by atoms with Crippen molar-refractivity contribution >= 4 is 68.0 Å². The summed E-state index contributed by atoms with van der Waals surface area (Å²) in [6, 6.07) is 29.5. The Kier molecular flexibility index (Phi) is 16.8. The van der Waals surface area contributed by atoms with Crippen LogP contribution in [-0.2, 0) is 0 Å². The van der Waals surface area contributed by atoms with Crippen LogP contribution in [0.4, 0.5) is 22.7 Å². The number of carbonyl (C=O) groups is 4. The second-order valence-corrected chi connectivity index (χ2v) is 17.2. The Labute approximate surface area is 381 Å². The van der Waals surface area contributed by atoms with Gasteiger partial charge < -0.3 is 36.6 Å². The normalized spacial score (nSPS) is 13.9. The summed E-state index contributed by atoms with van der Waals surface area (Å²) in [5.41, 5.74) is 10.1. The monoisotopic (exact) mass is 878 g/mol. The van der Waals surface area contributed by atoms with E-state index in [1.54, 1.807) is 54.9 Å². The van der Waals surface area contributed by atoms with Gasteiger partial charge in [-0.25, -0.2) is 14.8 Å². The number of hydrogen-bond acceptors (Lipinski definition) is 9. The van der Waals surface area contributed by atoms with Crippen molar-refractivity contribution in [2.45, 2.75) is 64.2 Å². The zero-order valence-corrected chi connectivity index (χ0v) is 38.0. The summed E-state index contributed by atoms with van der Waals surface area (Å²) in [6.45, 7) is 1.40. The molecule has 0 atom stereocenters. The number of fused-ring (bicyclic) bond motifs is 2. The number of rotatable bonds is 11. The van der Waals surface area contributed by atoms with Crippen LogP contribution in [0.5, 0.6) is 0 Å². The van der Waals surface area contributed by atoms with Crippen LogP contribution in [0.2, 0.25) is 0 Å². The van der Waals surface area contributed by atoms with Crippen LogP contribution in [0, 0.1) is 11.8 Å². The van der Waals surface area contributed by atoms with E-state index in [2.05, 4.69) is 25.9 Å². The van der Waals surface area contributed by atoms with Crippen molar-refractivity contribution in [2.75, 3.05) is 62.1 Å². The quantitative estimate of drug-likeness (QED) is 0.0841. The first-order valence-corrected chi connectivity index (χ1v) is 22.6. The van der Waals surface area contributed by atoms with E-state index in [9.17, 15) is 19.2 Å². The SMILES string of the molecule is CN(C)c1cccc2c(C(=O)Nc3cccnc3C(=O)NCC3CCCCC3)cccc12.CN(C)c1cccc2c(C(=O)O)cccc12.Nc1cccnc1C(=O)NCC1CCCCC1. The van der Waals surface area contributed by atoms with E-state index in [0.717, 1.165) is 52.3 Å². The highest BCUT2D eigenvalue weighted by molar-refractivity contribution is 6.16. The third-order valence-corrected chi connectivity index (χ3v) is 12.1. The fourth-order valence-corrected chi connectivity index (χ4v) is 8.66. The lowest BCUT2D eigenvalue weighted by Crippen LogP contribution is -2.31. The number of nitrogens with two attached hydrogens (primary N) is 1. The molecule has 6 aromatic rings. The summed E-state index contributed by atoms with van der Waals surface area (Å²) in [4.78, 5) is 61.2. The fourth-order valence-electron chi connectivity index (χ4n) is 8.66. The van der Waals surface area contributed by atoms with Gasteiger partial charge in [0.05, 0.1) is 16.9 Å². The van der Waals surface area contributed by atoms with Gasteiger partial charge in [0.15, 0.2) is 11.4 Å². The predicted molar refractivity (Wildman–Crippen MR) is 262 cm³/mol. The van der Waals surface area contributed by atoms with E-state index in [-0.39, 0.29) is 23.4 Å². The summed E-state index contributed by atoms with van der Waals surface area (Å²) in [7, 11) is 7.86. The second-order valence-electron chi connectivity index (χ2n) is 17.2. The first kappa shape index (κ1) is 47.5. The number of anilines is 4. The molecule has 0 saturated heterocycles. The topological polar surface area (TPSA) is 183 Å². The van der Waals surface area contributed by atoms with Gasteiger partial charge in [0, 0.05) is 81.4 Å². The average molecular weight is 879 g/mol. The smallest absolute Gasteiger partial charge is 0.336 e. The molecule has 0 bridgehead atoms. The highest BCUT2D eigenvalue weighted by Crippen LogP contribution is 2.30. The van der Waals surface area contributed by atoms with Gasteiger partial charge in [0.1, 0.15) is 0 Å². The first-order chi connectivity index (χ1) is 31.4. The summed E-state index contributed by atoms with van der Waals surface area (Å²) < 4.78 is 0. The summed E-state index contributed by atoms with van der Waals surface area (Å²) in [5, 5.41) is 21.6. The Bertz CT molecular complexity index is 2580. The third-order valence-electron chi connectivity index (χ3n) is 12.1. The molecular formula is C52H62N8O5. The summed E-state index contributed by atoms with van der Waals surface area (Å²) in [5.74, 6) is -0.413. The van der Waals surface area contributed by atoms with Crippen molar-refractivity contribution in [3.05, 3.63) is 132 Å². The van der Waals surface area contributed by atoms with Crippen LogP contribution in [0.1, 0.15) is 106 Å². The number of benzene rings is 4. The van der Waals surface area contributed by atoms with Crippen molar-refractivity contribution in [1.82, 2.24) is 20.6 Å². The minimum absolute atomic E-state index is 0.159. The molecule has 2 aromatic heterocycles. The highest BCUT2D eigenvalue weighted by atomic mass is 16.4. The van der Waals surface area contributed by atoms with Crippen LogP contribution >= 0.6 is 0 Å². The molecule has 340 valence electrons. The number of hydrogen-bond donors (Lipinski definition) is 5. The van der Waals surface area contributed by atoms with E-state index in [1.165, 1.54) is 51.4 Å². The van der Waals surface area contributed by atoms with Gasteiger partial charge in [-0.3, -0.25) is 14.4 Å². The number of carboxylic acid groups (broad SMARTS) is 1. The van der Waals surface area contributed by atoms with E-state index >= 15 is 0 Å². The predicted octanol–water partition coefficient (Wildman–Crippen LogP) is 9.44. The minimum Gasteiger partial charge on any atom is -0.478 e. The van der Waals surface area contributed by atoms with E-state index in [0.29, 0.717) is 46.6 Å². The molecule has 0 spiro atoms. The second kappa shape index (κ2) is 23.1. The number of carboxylic acids is 1. The van der Waals surface area contributed by atoms with E-state index < -0.39 is 5.97 Å². The van der Waals surface area contributed by atoms with Gasteiger partial charge in [0.25, 0.3) is 17.7 Å². The Morgan fingerprint density at radius 1 is 0.554 bits per heavy atom.